The largest absolute Gasteiger partial charge is 0.423 e. The fraction of sp³-hybridized carbons (Fsp3) is 0.211. The molecule has 0 N–H and O–H groups in total. The summed E-state index contributed by atoms with van der Waals surface area (Å²) >= 11 is 0. The molecule has 2 aromatic rings. The Bertz CT molecular complexity index is 670. The van der Waals surface area contributed by atoms with Crippen LogP contribution in [-0.4, -0.2) is 36.2 Å². The van der Waals surface area contributed by atoms with E-state index in [0.29, 0.717) is 0 Å². The van der Waals surface area contributed by atoms with Crippen LogP contribution in [0.1, 0.15) is 18.1 Å². The highest BCUT2D eigenvalue weighted by atomic mass is 16.6. The average molecular weight is 308 g/mol. The summed E-state index contributed by atoms with van der Waals surface area (Å²) in [6.45, 7) is 1.43. The molecule has 0 radical (unpaired) electrons. The molecule has 2 aromatic carbocycles. The van der Waals surface area contributed by atoms with Crippen LogP contribution < -0.4 is 0 Å². The minimum Gasteiger partial charge on any atom is -0.423 e. The Labute approximate surface area is 136 Å². The van der Waals surface area contributed by atoms with E-state index >= 15 is 0 Å². The molecule has 0 aliphatic carbocycles. The molecule has 0 aromatic heterocycles. The molecule has 1 heterocycles. The molecular formula is C19H20N2O2. The van der Waals surface area contributed by atoms with Crippen molar-refractivity contribution in [3.8, 4) is 0 Å². The molecule has 0 fully saturated rings. The quantitative estimate of drug-likeness (QED) is 0.815. The molecule has 0 bridgehead atoms. The van der Waals surface area contributed by atoms with Gasteiger partial charge in [0.25, 0.3) is 6.35 Å². The topological polar surface area (TPSA) is 32.8 Å². The van der Waals surface area contributed by atoms with E-state index in [1.165, 1.54) is 6.92 Å². The molecule has 0 unspecified atom stereocenters. The highest BCUT2D eigenvalue weighted by Crippen LogP contribution is 2.39. The first kappa shape index (κ1) is 15.2. The van der Waals surface area contributed by atoms with Gasteiger partial charge >= 0.3 is 5.97 Å². The van der Waals surface area contributed by atoms with Gasteiger partial charge in [0, 0.05) is 32.1 Å². The number of hydrogen-bond acceptors (Lipinski definition) is 4. The molecule has 3 rings (SSSR count). The predicted octanol–water partition coefficient (Wildman–Crippen LogP) is 3.24. The fourth-order valence-electron chi connectivity index (χ4n) is 2.99. The number of hydrogen-bond donors (Lipinski definition) is 0. The van der Waals surface area contributed by atoms with Crippen molar-refractivity contribution in [3.05, 3.63) is 71.8 Å². The van der Waals surface area contributed by atoms with Gasteiger partial charge in [-0.25, -0.2) is 0 Å². The smallest absolute Gasteiger partial charge is 0.305 e. The monoisotopic (exact) mass is 308 g/mol. The Kier molecular flexibility index (Phi) is 4.06. The Hall–Kier alpha value is -2.75. The van der Waals surface area contributed by atoms with Crippen LogP contribution in [0.4, 0.5) is 0 Å². The van der Waals surface area contributed by atoms with Gasteiger partial charge in [-0.15, -0.1) is 0 Å². The third-order valence-corrected chi connectivity index (χ3v) is 3.96. The number of ether oxygens (including phenoxy) is 1. The molecule has 23 heavy (non-hydrogen) atoms. The number of carbonyl (C=O) groups is 1. The maximum Gasteiger partial charge on any atom is 0.305 e. The van der Waals surface area contributed by atoms with E-state index in [9.17, 15) is 4.79 Å². The Morgan fingerprint density at radius 1 is 0.826 bits per heavy atom. The van der Waals surface area contributed by atoms with Gasteiger partial charge in [-0.3, -0.25) is 4.79 Å². The van der Waals surface area contributed by atoms with Gasteiger partial charge in [-0.05, 0) is 0 Å². The molecule has 118 valence electrons. The maximum atomic E-state index is 11.5. The molecule has 1 aliphatic heterocycles. The Morgan fingerprint density at radius 2 is 1.22 bits per heavy atom. The van der Waals surface area contributed by atoms with E-state index in [1.54, 1.807) is 0 Å². The lowest BCUT2D eigenvalue weighted by Gasteiger charge is -2.28. The third kappa shape index (κ3) is 2.80. The summed E-state index contributed by atoms with van der Waals surface area (Å²) < 4.78 is 5.51. The van der Waals surface area contributed by atoms with Crippen LogP contribution in [0.15, 0.2) is 60.7 Å². The lowest BCUT2D eigenvalue weighted by molar-refractivity contribution is -0.161. The number of benzene rings is 2. The summed E-state index contributed by atoms with van der Waals surface area (Å²) in [4.78, 5) is 15.5. The summed E-state index contributed by atoms with van der Waals surface area (Å²) in [7, 11) is 3.89. The van der Waals surface area contributed by atoms with Gasteiger partial charge in [0.15, 0.2) is 0 Å². The van der Waals surface area contributed by atoms with Crippen molar-refractivity contribution in [3.63, 3.8) is 0 Å². The van der Waals surface area contributed by atoms with Crippen molar-refractivity contribution in [1.82, 2.24) is 9.80 Å². The number of nitrogens with zero attached hydrogens (tertiary/aromatic N) is 2. The minimum atomic E-state index is -0.446. The molecule has 0 spiro atoms. The first-order valence-corrected chi connectivity index (χ1v) is 7.57. The molecule has 4 nitrogen and oxygen atoms in total. The van der Waals surface area contributed by atoms with E-state index in [4.69, 9.17) is 4.74 Å². The van der Waals surface area contributed by atoms with E-state index in [1.807, 2.05) is 60.3 Å². The van der Waals surface area contributed by atoms with Crippen LogP contribution in [0.3, 0.4) is 0 Å². The van der Waals surface area contributed by atoms with E-state index < -0.39 is 6.35 Å². The van der Waals surface area contributed by atoms with Gasteiger partial charge in [-0.1, -0.05) is 60.7 Å². The lowest BCUT2D eigenvalue weighted by Crippen LogP contribution is -2.39. The van der Waals surface area contributed by atoms with Crippen molar-refractivity contribution in [1.29, 1.82) is 0 Å². The lowest BCUT2D eigenvalue weighted by atomic mass is 10.1. The normalized spacial score (nSPS) is 15.3. The van der Waals surface area contributed by atoms with Crippen molar-refractivity contribution in [2.24, 2.45) is 0 Å². The average Bonchev–Trinajstić information content (AvgIpc) is 2.80. The Morgan fingerprint density at radius 3 is 1.57 bits per heavy atom. The second-order valence-electron chi connectivity index (χ2n) is 5.59. The number of esters is 1. The first-order valence-electron chi connectivity index (χ1n) is 7.57. The molecule has 0 saturated heterocycles. The predicted molar refractivity (Wildman–Crippen MR) is 90.8 cm³/mol. The highest BCUT2D eigenvalue weighted by molar-refractivity contribution is 5.91. The summed E-state index contributed by atoms with van der Waals surface area (Å²) in [5.74, 6) is -0.296. The minimum absolute atomic E-state index is 0.296. The second kappa shape index (κ2) is 6.16. The highest BCUT2D eigenvalue weighted by Gasteiger charge is 2.37. The van der Waals surface area contributed by atoms with Crippen LogP contribution in [0, 0.1) is 0 Å². The van der Waals surface area contributed by atoms with Gasteiger partial charge in [0.05, 0.1) is 11.4 Å². The van der Waals surface area contributed by atoms with Crippen molar-refractivity contribution in [2.75, 3.05) is 14.1 Å². The first-order chi connectivity index (χ1) is 11.1. The second-order valence-corrected chi connectivity index (χ2v) is 5.59. The molecular weight excluding hydrogens is 288 g/mol. The molecule has 4 heteroatoms. The van der Waals surface area contributed by atoms with Gasteiger partial charge in [-0.2, -0.15) is 0 Å². The Balaban J connectivity index is 2.14. The van der Waals surface area contributed by atoms with Crippen LogP contribution in [-0.2, 0) is 9.53 Å². The van der Waals surface area contributed by atoms with E-state index in [-0.39, 0.29) is 5.97 Å². The number of carbonyl (C=O) groups excluding carboxylic acids is 1. The summed E-state index contributed by atoms with van der Waals surface area (Å²) in [6, 6.07) is 20.3. The fourth-order valence-corrected chi connectivity index (χ4v) is 2.99. The third-order valence-electron chi connectivity index (χ3n) is 3.96. The molecule has 0 atom stereocenters. The van der Waals surface area contributed by atoms with Crippen LogP contribution >= 0.6 is 0 Å². The summed E-state index contributed by atoms with van der Waals surface area (Å²) in [5, 5.41) is 0. The van der Waals surface area contributed by atoms with Crippen molar-refractivity contribution in [2.45, 2.75) is 13.3 Å². The summed E-state index contributed by atoms with van der Waals surface area (Å²) in [5.41, 5.74) is 4.28. The zero-order valence-electron chi connectivity index (χ0n) is 13.6. The summed E-state index contributed by atoms with van der Waals surface area (Å²) in [6.07, 6.45) is -0.446. The number of rotatable bonds is 3. The van der Waals surface area contributed by atoms with E-state index in [0.717, 1.165) is 22.5 Å². The van der Waals surface area contributed by atoms with Gasteiger partial charge in [0.2, 0.25) is 0 Å². The molecule has 1 aliphatic rings. The molecule has 0 saturated carbocycles. The zero-order chi connectivity index (χ0) is 16.4. The molecule has 0 amide bonds. The van der Waals surface area contributed by atoms with Crippen LogP contribution in [0.5, 0.6) is 0 Å². The van der Waals surface area contributed by atoms with Crippen molar-refractivity contribution >= 4 is 17.4 Å². The van der Waals surface area contributed by atoms with Gasteiger partial charge in [0.1, 0.15) is 0 Å². The van der Waals surface area contributed by atoms with Crippen molar-refractivity contribution < 1.29 is 9.53 Å². The zero-order valence-corrected chi connectivity index (χ0v) is 13.6. The van der Waals surface area contributed by atoms with E-state index in [2.05, 4.69) is 24.3 Å². The van der Waals surface area contributed by atoms with Crippen LogP contribution in [0.2, 0.25) is 0 Å². The van der Waals surface area contributed by atoms with Crippen LogP contribution in [0.25, 0.3) is 11.4 Å². The SMILES string of the molecule is CC(=O)OC1N(C)C(c2ccccc2)=C(c2ccccc2)N1C. The van der Waals surface area contributed by atoms with Gasteiger partial charge < -0.3 is 14.5 Å². The maximum absolute atomic E-state index is 11.5. The standard InChI is InChI=1S/C19H20N2O2/c1-14(22)23-19-20(2)17(15-10-6-4-7-11-15)18(21(19)3)16-12-8-5-9-13-16/h4-13,19H,1-3H3.